The van der Waals surface area contributed by atoms with E-state index in [4.69, 9.17) is 0 Å². The Kier molecular flexibility index (Phi) is 6.20. The van der Waals surface area contributed by atoms with Gasteiger partial charge in [-0.2, -0.15) is 0 Å². The molecular formula is C23H20FN3O6S2. The van der Waals surface area contributed by atoms with Gasteiger partial charge in [-0.05, 0) is 55.0 Å². The number of aromatic nitrogens is 1. The Morgan fingerprint density at radius 3 is 2.46 bits per heavy atom. The number of carbonyl (C=O) groups is 1. The van der Waals surface area contributed by atoms with Crippen molar-refractivity contribution in [2.45, 2.75) is 34.1 Å². The van der Waals surface area contributed by atoms with Gasteiger partial charge >= 0.3 is 5.97 Å². The molecule has 0 aliphatic carbocycles. The average molecular weight is 518 g/mol. The zero-order valence-electron chi connectivity index (χ0n) is 18.6. The first-order chi connectivity index (χ1) is 16.4. The molecule has 0 saturated carbocycles. The number of carboxylic acid groups (broad SMARTS) is 1. The lowest BCUT2D eigenvalue weighted by molar-refractivity contribution is -0.135. The first kappa shape index (κ1) is 24.5. The summed E-state index contributed by atoms with van der Waals surface area (Å²) < 4.78 is 65.2. The van der Waals surface area contributed by atoms with Crippen molar-refractivity contribution in [2.24, 2.45) is 4.99 Å². The van der Waals surface area contributed by atoms with E-state index in [-0.39, 0.29) is 31.8 Å². The molecule has 9 nitrogen and oxygen atoms in total. The van der Waals surface area contributed by atoms with Gasteiger partial charge in [0.05, 0.1) is 27.6 Å². The van der Waals surface area contributed by atoms with Gasteiger partial charge in [0.25, 0.3) is 0 Å². The van der Waals surface area contributed by atoms with Crippen LogP contribution in [0.5, 0.6) is 0 Å². The van der Waals surface area contributed by atoms with Gasteiger partial charge in [0.2, 0.25) is 9.84 Å². The number of nitrogens with one attached hydrogen (secondary N) is 1. The predicted octanol–water partition coefficient (Wildman–Crippen LogP) is 1.85. The van der Waals surface area contributed by atoms with Crippen LogP contribution in [0, 0.1) is 5.82 Å². The van der Waals surface area contributed by atoms with E-state index in [0.29, 0.717) is 5.69 Å². The molecule has 0 fully saturated rings. The van der Waals surface area contributed by atoms with Crippen LogP contribution in [0.3, 0.4) is 0 Å². The minimum atomic E-state index is -4.42. The predicted molar refractivity (Wildman–Crippen MR) is 125 cm³/mol. The lowest BCUT2D eigenvalue weighted by Gasteiger charge is -2.10. The molecular weight excluding hydrogens is 497 g/mol. The molecule has 1 atom stereocenters. The summed E-state index contributed by atoms with van der Waals surface area (Å²) in [6.07, 6.45) is 1.65. The Bertz CT molecular complexity index is 1690. The molecule has 1 unspecified atom stereocenters. The molecule has 12 heteroatoms. The molecule has 0 bridgehead atoms. The second-order valence-electron chi connectivity index (χ2n) is 7.98. The second kappa shape index (κ2) is 8.86. The number of anilines is 2. The van der Waals surface area contributed by atoms with Crippen molar-refractivity contribution in [3.8, 4) is 0 Å². The Labute approximate surface area is 200 Å². The molecule has 3 aromatic rings. The van der Waals surface area contributed by atoms with E-state index >= 15 is 0 Å². The van der Waals surface area contributed by atoms with E-state index < -0.39 is 48.8 Å². The molecule has 0 saturated heterocycles. The lowest BCUT2D eigenvalue weighted by Crippen LogP contribution is -2.32. The number of sulfone groups is 2. The summed E-state index contributed by atoms with van der Waals surface area (Å²) in [5.74, 6) is -1.97. The molecule has 182 valence electrons. The monoisotopic (exact) mass is 517 g/mol. The van der Waals surface area contributed by atoms with Gasteiger partial charge in [-0.15, -0.1) is 0 Å². The molecule has 0 amide bonds. The topological polar surface area (TPSA) is 143 Å². The first-order valence-corrected chi connectivity index (χ1v) is 13.6. The minimum absolute atomic E-state index is 0.0281. The Hall–Kier alpha value is -3.64. The van der Waals surface area contributed by atoms with E-state index in [2.05, 4.69) is 15.3 Å². The SMILES string of the molecule is CC1N=c2ccc(F)c(S(=O)(=O)c3ccc(Nc4cccc(S(C)(=O)=O)c4)nc3)c2=C1CC(=O)O. The van der Waals surface area contributed by atoms with E-state index in [1.54, 1.807) is 19.1 Å². The number of aliphatic carboxylic acids is 1. The second-order valence-corrected chi connectivity index (χ2v) is 11.9. The highest BCUT2D eigenvalue weighted by Crippen LogP contribution is 2.25. The van der Waals surface area contributed by atoms with Crippen molar-refractivity contribution in [3.63, 3.8) is 0 Å². The van der Waals surface area contributed by atoms with E-state index in [1.807, 2.05) is 0 Å². The molecule has 0 spiro atoms. The maximum absolute atomic E-state index is 14.9. The smallest absolute Gasteiger partial charge is 0.307 e. The maximum Gasteiger partial charge on any atom is 0.307 e. The Morgan fingerprint density at radius 2 is 1.83 bits per heavy atom. The standard InChI is InChI=1S/C23H20FN3O6S2/c1-13-17(11-21(28)29)22-19(26-13)8-7-18(24)23(22)35(32,33)16-6-9-20(25-12-16)27-14-4-3-5-15(10-14)34(2,30)31/h3-10,12-13H,11H2,1-2H3,(H,25,27)(H,28,29). The summed E-state index contributed by atoms with van der Waals surface area (Å²) in [6, 6.07) is 10.3. The molecule has 2 aromatic carbocycles. The van der Waals surface area contributed by atoms with Crippen LogP contribution in [0.15, 0.2) is 74.4 Å². The highest BCUT2D eigenvalue weighted by atomic mass is 32.2. The van der Waals surface area contributed by atoms with Gasteiger partial charge in [0, 0.05) is 23.4 Å². The molecule has 1 aliphatic heterocycles. The number of hydrogen-bond acceptors (Lipinski definition) is 8. The molecule has 2 heterocycles. The van der Waals surface area contributed by atoms with Crippen LogP contribution in [-0.4, -0.2) is 45.2 Å². The molecule has 35 heavy (non-hydrogen) atoms. The number of hydrogen-bond donors (Lipinski definition) is 2. The van der Waals surface area contributed by atoms with Gasteiger partial charge in [-0.25, -0.2) is 26.2 Å². The highest BCUT2D eigenvalue weighted by Gasteiger charge is 2.29. The fraction of sp³-hybridized carbons (Fsp3) is 0.174. The summed E-state index contributed by atoms with van der Waals surface area (Å²) in [6.45, 7) is 1.62. The van der Waals surface area contributed by atoms with E-state index in [9.17, 15) is 31.1 Å². The van der Waals surface area contributed by atoms with Crippen LogP contribution in [0.2, 0.25) is 0 Å². The number of benzene rings is 2. The Balaban J connectivity index is 1.75. The number of halogens is 1. The molecule has 0 radical (unpaired) electrons. The van der Waals surface area contributed by atoms with Crippen LogP contribution in [0.1, 0.15) is 13.3 Å². The lowest BCUT2D eigenvalue weighted by atomic mass is 10.0. The first-order valence-electron chi connectivity index (χ1n) is 10.3. The van der Waals surface area contributed by atoms with Crippen LogP contribution in [-0.2, 0) is 24.5 Å². The normalized spacial score (nSPS) is 15.4. The van der Waals surface area contributed by atoms with Gasteiger partial charge in [0.1, 0.15) is 16.5 Å². The van der Waals surface area contributed by atoms with Gasteiger partial charge in [0.15, 0.2) is 9.84 Å². The largest absolute Gasteiger partial charge is 0.481 e. The fourth-order valence-corrected chi connectivity index (χ4v) is 5.98. The van der Waals surface area contributed by atoms with Crippen molar-refractivity contribution in [1.82, 2.24) is 4.98 Å². The van der Waals surface area contributed by atoms with Crippen LogP contribution < -0.4 is 15.9 Å². The summed E-state index contributed by atoms with van der Waals surface area (Å²) in [5.41, 5.74) is 0.633. The molecule has 1 aromatic heterocycles. The molecule has 4 rings (SSSR count). The molecule has 1 aliphatic rings. The van der Waals surface area contributed by atoms with Gasteiger partial charge in [-0.1, -0.05) is 6.07 Å². The summed E-state index contributed by atoms with van der Waals surface area (Å²) in [4.78, 5) is 18.9. The third-order valence-electron chi connectivity index (χ3n) is 5.44. The highest BCUT2D eigenvalue weighted by molar-refractivity contribution is 7.91. The van der Waals surface area contributed by atoms with Crippen LogP contribution >= 0.6 is 0 Å². The van der Waals surface area contributed by atoms with Crippen LogP contribution in [0.25, 0.3) is 5.57 Å². The summed E-state index contributed by atoms with van der Waals surface area (Å²) in [7, 11) is -7.84. The number of carboxylic acids is 1. The average Bonchev–Trinajstić information content (AvgIpc) is 3.08. The fourth-order valence-electron chi connectivity index (χ4n) is 3.81. The van der Waals surface area contributed by atoms with E-state index in [0.717, 1.165) is 18.5 Å². The third-order valence-corrected chi connectivity index (χ3v) is 8.35. The van der Waals surface area contributed by atoms with Crippen molar-refractivity contribution < 1.29 is 31.1 Å². The Morgan fingerprint density at radius 1 is 1.09 bits per heavy atom. The van der Waals surface area contributed by atoms with Crippen molar-refractivity contribution in [1.29, 1.82) is 0 Å². The zero-order valence-corrected chi connectivity index (χ0v) is 20.2. The number of nitrogens with zero attached hydrogens (tertiary/aromatic N) is 2. The number of pyridine rings is 1. The summed E-state index contributed by atoms with van der Waals surface area (Å²) >= 11 is 0. The number of fused-ring (bicyclic) bond motifs is 1. The quantitative estimate of drug-likeness (QED) is 0.483. The van der Waals surface area contributed by atoms with Crippen molar-refractivity contribution in [2.75, 3.05) is 11.6 Å². The van der Waals surface area contributed by atoms with E-state index in [1.165, 1.54) is 30.3 Å². The summed E-state index contributed by atoms with van der Waals surface area (Å²) in [5, 5.41) is 12.3. The van der Waals surface area contributed by atoms with Crippen molar-refractivity contribution >= 4 is 42.7 Å². The van der Waals surface area contributed by atoms with Crippen molar-refractivity contribution in [3.05, 3.63) is 71.1 Å². The van der Waals surface area contributed by atoms with Gasteiger partial charge < -0.3 is 10.4 Å². The maximum atomic E-state index is 14.9. The van der Waals surface area contributed by atoms with Gasteiger partial charge in [-0.3, -0.25) is 9.79 Å². The zero-order chi connectivity index (χ0) is 25.5. The minimum Gasteiger partial charge on any atom is -0.481 e. The number of rotatable bonds is 7. The van der Waals surface area contributed by atoms with Crippen LogP contribution in [0.4, 0.5) is 15.9 Å². The third kappa shape index (κ3) is 4.80. The molecule has 2 N–H and O–H groups in total.